The summed E-state index contributed by atoms with van der Waals surface area (Å²) in [4.78, 5) is 18.3. The highest BCUT2D eigenvalue weighted by atomic mass is 16.2. The van der Waals surface area contributed by atoms with Crippen LogP contribution in [0.15, 0.2) is 24.4 Å². The maximum atomic E-state index is 12.4. The third-order valence-electron chi connectivity index (χ3n) is 3.40. The largest absolute Gasteiger partial charge is 0.331 e. The van der Waals surface area contributed by atoms with Crippen molar-refractivity contribution in [2.45, 2.75) is 38.3 Å². The van der Waals surface area contributed by atoms with E-state index in [9.17, 15) is 4.79 Å². The molecule has 92 valence electrons. The summed E-state index contributed by atoms with van der Waals surface area (Å²) in [6.07, 6.45) is 3.55. The number of nitrogens with two attached hydrogens (primary N) is 1. The summed E-state index contributed by atoms with van der Waals surface area (Å²) in [5.41, 5.74) is 6.31. The van der Waals surface area contributed by atoms with Gasteiger partial charge in [0.2, 0.25) is 0 Å². The molecular formula is C13H19N3O. The van der Waals surface area contributed by atoms with Crippen molar-refractivity contribution in [2.24, 2.45) is 5.73 Å². The second-order valence-electron chi connectivity index (χ2n) is 5.24. The summed E-state index contributed by atoms with van der Waals surface area (Å²) in [6, 6.07) is 5.47. The summed E-state index contributed by atoms with van der Waals surface area (Å²) in [5, 5.41) is 0. The molecule has 1 aromatic rings. The van der Waals surface area contributed by atoms with Crippen molar-refractivity contribution in [3.63, 3.8) is 0 Å². The number of nitrogens with zero attached hydrogens (tertiary/aromatic N) is 2. The van der Waals surface area contributed by atoms with Crippen LogP contribution in [0.3, 0.4) is 0 Å². The Morgan fingerprint density at radius 3 is 2.94 bits per heavy atom. The Bertz CT molecular complexity index is 402. The van der Waals surface area contributed by atoms with E-state index in [1.165, 1.54) is 0 Å². The van der Waals surface area contributed by atoms with E-state index in [0.29, 0.717) is 12.2 Å². The van der Waals surface area contributed by atoms with Crippen LogP contribution in [0.2, 0.25) is 0 Å². The van der Waals surface area contributed by atoms with Gasteiger partial charge in [-0.25, -0.2) is 0 Å². The molecule has 2 rings (SSSR count). The van der Waals surface area contributed by atoms with Crippen molar-refractivity contribution in [3.8, 4) is 0 Å². The highest BCUT2D eigenvalue weighted by Crippen LogP contribution is 2.27. The smallest absolute Gasteiger partial charge is 0.272 e. The molecule has 0 bridgehead atoms. The summed E-state index contributed by atoms with van der Waals surface area (Å²) < 4.78 is 0. The average molecular weight is 233 g/mol. The van der Waals surface area contributed by atoms with Crippen LogP contribution in [0.4, 0.5) is 0 Å². The molecule has 0 radical (unpaired) electrons. The van der Waals surface area contributed by atoms with Gasteiger partial charge in [-0.05, 0) is 38.8 Å². The fourth-order valence-corrected chi connectivity index (χ4v) is 2.23. The van der Waals surface area contributed by atoms with E-state index < -0.39 is 0 Å². The standard InChI is InChI=1S/C13H19N3O/c1-13(2)7-6-10(14)9-16(13)12(17)11-5-3-4-8-15-11/h3-5,8,10H,6-7,9,14H2,1-2H3. The number of likely N-dealkylation sites (tertiary alicyclic amines) is 1. The zero-order valence-corrected chi connectivity index (χ0v) is 10.4. The second kappa shape index (κ2) is 4.45. The molecule has 17 heavy (non-hydrogen) atoms. The lowest BCUT2D eigenvalue weighted by atomic mass is 9.88. The molecule has 0 spiro atoms. The molecule has 1 saturated heterocycles. The number of amides is 1. The van der Waals surface area contributed by atoms with Gasteiger partial charge in [-0.15, -0.1) is 0 Å². The van der Waals surface area contributed by atoms with Gasteiger partial charge >= 0.3 is 0 Å². The SMILES string of the molecule is CC1(C)CCC(N)CN1C(=O)c1ccccn1. The number of carbonyl (C=O) groups excluding carboxylic acids is 1. The molecule has 2 heterocycles. The third kappa shape index (κ3) is 2.47. The van der Waals surface area contributed by atoms with Crippen LogP contribution in [-0.4, -0.2) is 33.9 Å². The zero-order valence-electron chi connectivity index (χ0n) is 10.4. The van der Waals surface area contributed by atoms with Crippen LogP contribution in [0, 0.1) is 0 Å². The molecule has 0 aliphatic carbocycles. The Morgan fingerprint density at radius 1 is 1.53 bits per heavy atom. The van der Waals surface area contributed by atoms with Crippen LogP contribution in [0.5, 0.6) is 0 Å². The van der Waals surface area contributed by atoms with E-state index in [2.05, 4.69) is 18.8 Å². The van der Waals surface area contributed by atoms with Gasteiger partial charge in [0.15, 0.2) is 0 Å². The van der Waals surface area contributed by atoms with Crippen LogP contribution in [0.1, 0.15) is 37.2 Å². The topological polar surface area (TPSA) is 59.2 Å². The first-order chi connectivity index (χ1) is 8.00. The molecule has 1 aliphatic heterocycles. The number of aromatic nitrogens is 1. The predicted molar refractivity (Wildman–Crippen MR) is 66.6 cm³/mol. The average Bonchev–Trinajstić information content (AvgIpc) is 2.33. The van der Waals surface area contributed by atoms with Crippen molar-refractivity contribution in [1.29, 1.82) is 0 Å². The van der Waals surface area contributed by atoms with Crippen LogP contribution >= 0.6 is 0 Å². The third-order valence-corrected chi connectivity index (χ3v) is 3.40. The van der Waals surface area contributed by atoms with Crippen molar-refractivity contribution in [3.05, 3.63) is 30.1 Å². The van der Waals surface area contributed by atoms with E-state index >= 15 is 0 Å². The number of pyridine rings is 1. The monoisotopic (exact) mass is 233 g/mol. The zero-order chi connectivity index (χ0) is 12.5. The van der Waals surface area contributed by atoms with Crippen molar-refractivity contribution in [2.75, 3.05) is 6.54 Å². The fourth-order valence-electron chi connectivity index (χ4n) is 2.23. The molecule has 1 fully saturated rings. The van der Waals surface area contributed by atoms with Crippen molar-refractivity contribution < 1.29 is 4.79 Å². The molecule has 0 aromatic carbocycles. The van der Waals surface area contributed by atoms with E-state index in [4.69, 9.17) is 5.73 Å². The fraction of sp³-hybridized carbons (Fsp3) is 0.538. The number of piperidine rings is 1. The highest BCUT2D eigenvalue weighted by Gasteiger charge is 2.36. The normalized spacial score (nSPS) is 23.5. The number of carbonyl (C=O) groups is 1. The Hall–Kier alpha value is -1.42. The van der Waals surface area contributed by atoms with Gasteiger partial charge in [0.05, 0.1) is 0 Å². The van der Waals surface area contributed by atoms with Gasteiger partial charge < -0.3 is 10.6 Å². The first kappa shape index (κ1) is 12.0. The Kier molecular flexibility index (Phi) is 3.15. The number of hydrogen-bond acceptors (Lipinski definition) is 3. The molecule has 0 saturated carbocycles. The van der Waals surface area contributed by atoms with E-state index in [1.807, 2.05) is 17.0 Å². The minimum Gasteiger partial charge on any atom is -0.331 e. The van der Waals surface area contributed by atoms with E-state index in [1.54, 1.807) is 12.3 Å². The number of hydrogen-bond donors (Lipinski definition) is 1. The van der Waals surface area contributed by atoms with Gasteiger partial charge in [-0.1, -0.05) is 6.07 Å². The summed E-state index contributed by atoms with van der Waals surface area (Å²) in [7, 11) is 0. The molecule has 1 amide bonds. The van der Waals surface area contributed by atoms with Gasteiger partial charge in [0, 0.05) is 24.3 Å². The van der Waals surface area contributed by atoms with Crippen LogP contribution < -0.4 is 5.73 Å². The molecule has 4 heteroatoms. The Labute approximate surface area is 102 Å². The van der Waals surface area contributed by atoms with Crippen molar-refractivity contribution in [1.82, 2.24) is 9.88 Å². The van der Waals surface area contributed by atoms with Gasteiger partial charge in [0.1, 0.15) is 5.69 Å². The highest BCUT2D eigenvalue weighted by molar-refractivity contribution is 5.92. The van der Waals surface area contributed by atoms with Crippen LogP contribution in [-0.2, 0) is 0 Å². The summed E-state index contributed by atoms with van der Waals surface area (Å²) >= 11 is 0. The first-order valence-electron chi connectivity index (χ1n) is 5.99. The van der Waals surface area contributed by atoms with Crippen LogP contribution in [0.25, 0.3) is 0 Å². The van der Waals surface area contributed by atoms with Crippen molar-refractivity contribution >= 4 is 5.91 Å². The van der Waals surface area contributed by atoms with E-state index in [0.717, 1.165) is 12.8 Å². The molecule has 4 nitrogen and oxygen atoms in total. The summed E-state index contributed by atoms with van der Waals surface area (Å²) in [6.45, 7) is 4.78. The molecule has 1 aromatic heterocycles. The lowest BCUT2D eigenvalue weighted by molar-refractivity contribution is 0.0389. The summed E-state index contributed by atoms with van der Waals surface area (Å²) in [5.74, 6) is -0.0225. The molecule has 1 unspecified atom stereocenters. The Morgan fingerprint density at radius 2 is 2.29 bits per heavy atom. The minimum atomic E-state index is -0.134. The Balaban J connectivity index is 2.23. The maximum absolute atomic E-state index is 12.4. The lowest BCUT2D eigenvalue weighted by Gasteiger charge is -2.44. The van der Waals surface area contributed by atoms with Gasteiger partial charge in [0.25, 0.3) is 5.91 Å². The first-order valence-corrected chi connectivity index (χ1v) is 5.99. The molecule has 2 N–H and O–H groups in total. The lowest BCUT2D eigenvalue weighted by Crippen LogP contribution is -2.56. The molecular weight excluding hydrogens is 214 g/mol. The molecule has 1 aliphatic rings. The quantitative estimate of drug-likeness (QED) is 0.798. The van der Waals surface area contributed by atoms with E-state index in [-0.39, 0.29) is 17.5 Å². The molecule has 1 atom stereocenters. The van der Waals surface area contributed by atoms with Gasteiger partial charge in [-0.2, -0.15) is 0 Å². The predicted octanol–water partition coefficient (Wildman–Crippen LogP) is 1.42. The second-order valence-corrected chi connectivity index (χ2v) is 5.24. The number of rotatable bonds is 1. The maximum Gasteiger partial charge on any atom is 0.272 e. The minimum absolute atomic E-state index is 0.0225. The van der Waals surface area contributed by atoms with Gasteiger partial charge in [-0.3, -0.25) is 9.78 Å².